The van der Waals surface area contributed by atoms with Crippen molar-refractivity contribution in [3.8, 4) is 5.75 Å². The molecular weight excluding hydrogens is 332 g/mol. The van der Waals surface area contributed by atoms with Crippen molar-refractivity contribution >= 4 is 15.9 Å². The summed E-state index contributed by atoms with van der Waals surface area (Å²) >= 11 is 3.46. The number of methoxy groups -OCH3 is 2. The van der Waals surface area contributed by atoms with Gasteiger partial charge in [0.1, 0.15) is 5.75 Å². The molecule has 112 valence electrons. The first kappa shape index (κ1) is 16.0. The van der Waals surface area contributed by atoms with Crippen molar-refractivity contribution in [1.82, 2.24) is 0 Å². The Morgan fingerprint density at radius 1 is 1.10 bits per heavy atom. The molecule has 2 rings (SSSR count). The molecule has 0 fully saturated rings. The molecule has 21 heavy (non-hydrogen) atoms. The molecule has 1 atom stereocenters. The van der Waals surface area contributed by atoms with E-state index in [9.17, 15) is 5.11 Å². The van der Waals surface area contributed by atoms with E-state index in [2.05, 4.69) is 15.9 Å². The van der Waals surface area contributed by atoms with Crippen LogP contribution < -0.4 is 4.74 Å². The van der Waals surface area contributed by atoms with Crippen LogP contribution in [0.4, 0.5) is 0 Å². The minimum absolute atomic E-state index is 0.540. The van der Waals surface area contributed by atoms with Crippen LogP contribution in [0.1, 0.15) is 22.8 Å². The van der Waals surface area contributed by atoms with Crippen LogP contribution in [-0.4, -0.2) is 19.3 Å². The van der Waals surface area contributed by atoms with Crippen LogP contribution in [0.15, 0.2) is 46.9 Å². The quantitative estimate of drug-likeness (QED) is 0.859. The molecule has 2 aromatic rings. The highest BCUT2D eigenvalue weighted by Gasteiger charge is 2.11. The van der Waals surface area contributed by atoms with Crippen LogP contribution in [0.2, 0.25) is 0 Å². The lowest BCUT2D eigenvalue weighted by Gasteiger charge is -2.13. The molecule has 0 heterocycles. The van der Waals surface area contributed by atoms with Gasteiger partial charge in [0.15, 0.2) is 0 Å². The van der Waals surface area contributed by atoms with Gasteiger partial charge in [0.25, 0.3) is 0 Å². The van der Waals surface area contributed by atoms with Gasteiger partial charge in [0.2, 0.25) is 0 Å². The maximum Gasteiger partial charge on any atom is 0.133 e. The fraction of sp³-hybridized carbons (Fsp3) is 0.294. The molecule has 0 spiro atoms. The average molecular weight is 351 g/mol. The molecule has 0 radical (unpaired) electrons. The van der Waals surface area contributed by atoms with Gasteiger partial charge >= 0.3 is 0 Å². The van der Waals surface area contributed by atoms with Crippen LogP contribution in [-0.2, 0) is 17.8 Å². The second-order valence-corrected chi connectivity index (χ2v) is 5.72. The minimum atomic E-state index is -0.540. The van der Waals surface area contributed by atoms with E-state index in [0.717, 1.165) is 26.9 Å². The molecule has 4 heteroatoms. The summed E-state index contributed by atoms with van der Waals surface area (Å²) in [4.78, 5) is 0. The van der Waals surface area contributed by atoms with Gasteiger partial charge in [0.05, 0.1) is 24.3 Å². The van der Waals surface area contributed by atoms with Crippen molar-refractivity contribution in [2.75, 3.05) is 14.2 Å². The number of halogens is 1. The minimum Gasteiger partial charge on any atom is -0.496 e. The Labute approximate surface area is 133 Å². The third-order valence-corrected chi connectivity index (χ3v) is 3.91. The van der Waals surface area contributed by atoms with Crippen LogP contribution >= 0.6 is 15.9 Å². The first-order valence-electron chi connectivity index (χ1n) is 6.72. The summed E-state index contributed by atoms with van der Waals surface area (Å²) in [6.07, 6.45) is 0.0149. The van der Waals surface area contributed by atoms with Crippen molar-refractivity contribution < 1.29 is 14.6 Å². The highest BCUT2D eigenvalue weighted by Crippen LogP contribution is 2.28. The number of hydrogen-bond acceptors (Lipinski definition) is 3. The largest absolute Gasteiger partial charge is 0.496 e. The lowest BCUT2D eigenvalue weighted by Crippen LogP contribution is -2.03. The summed E-state index contributed by atoms with van der Waals surface area (Å²) in [5.41, 5.74) is 3.01. The Hall–Kier alpha value is -1.36. The van der Waals surface area contributed by atoms with Crippen molar-refractivity contribution in [2.24, 2.45) is 0 Å². The predicted molar refractivity (Wildman–Crippen MR) is 86.5 cm³/mol. The van der Waals surface area contributed by atoms with E-state index in [4.69, 9.17) is 9.47 Å². The standard InChI is InChI=1S/C17H19BrO3/c1-20-11-13-4-3-5-14(8-13)16(19)10-12-6-7-17(21-2)15(18)9-12/h3-9,16,19H,10-11H2,1-2H3. The van der Waals surface area contributed by atoms with Gasteiger partial charge in [-0.2, -0.15) is 0 Å². The van der Waals surface area contributed by atoms with Gasteiger partial charge in [-0.05, 0) is 44.8 Å². The maximum atomic E-state index is 10.4. The molecule has 1 N–H and O–H groups in total. The molecule has 0 saturated carbocycles. The molecule has 3 nitrogen and oxygen atoms in total. The van der Waals surface area contributed by atoms with Crippen LogP contribution in [0.5, 0.6) is 5.75 Å². The molecule has 0 aliphatic heterocycles. The topological polar surface area (TPSA) is 38.7 Å². The van der Waals surface area contributed by atoms with E-state index in [0.29, 0.717) is 13.0 Å². The number of aliphatic hydroxyl groups is 1. The van der Waals surface area contributed by atoms with Gasteiger partial charge in [-0.25, -0.2) is 0 Å². The predicted octanol–water partition coefficient (Wildman–Crippen LogP) is 3.88. The van der Waals surface area contributed by atoms with Gasteiger partial charge in [-0.1, -0.05) is 30.3 Å². The summed E-state index contributed by atoms with van der Waals surface area (Å²) in [5.74, 6) is 0.787. The summed E-state index contributed by atoms with van der Waals surface area (Å²) in [6, 6.07) is 13.7. The molecule has 1 unspecified atom stereocenters. The average Bonchev–Trinajstić information content (AvgIpc) is 2.48. The van der Waals surface area contributed by atoms with E-state index in [-0.39, 0.29) is 0 Å². The van der Waals surface area contributed by atoms with Gasteiger partial charge in [-0.3, -0.25) is 0 Å². The summed E-state index contributed by atoms with van der Waals surface area (Å²) in [5, 5.41) is 10.4. The molecule has 0 aliphatic rings. The molecule has 2 aromatic carbocycles. The summed E-state index contributed by atoms with van der Waals surface area (Å²) < 4.78 is 11.2. The third-order valence-electron chi connectivity index (χ3n) is 3.29. The summed E-state index contributed by atoms with van der Waals surface area (Å²) in [7, 11) is 3.30. The van der Waals surface area contributed by atoms with E-state index in [1.807, 2.05) is 42.5 Å². The third kappa shape index (κ3) is 4.30. The van der Waals surface area contributed by atoms with Crippen LogP contribution in [0, 0.1) is 0 Å². The number of benzene rings is 2. The molecule has 0 saturated heterocycles. The van der Waals surface area contributed by atoms with Gasteiger partial charge in [0, 0.05) is 13.5 Å². The first-order valence-corrected chi connectivity index (χ1v) is 7.51. The van der Waals surface area contributed by atoms with E-state index in [1.165, 1.54) is 0 Å². The number of hydrogen-bond donors (Lipinski definition) is 1. The first-order chi connectivity index (χ1) is 10.1. The molecule has 0 bridgehead atoms. The highest BCUT2D eigenvalue weighted by atomic mass is 79.9. The zero-order chi connectivity index (χ0) is 15.2. The zero-order valence-electron chi connectivity index (χ0n) is 12.2. The molecule has 0 amide bonds. The lowest BCUT2D eigenvalue weighted by molar-refractivity contribution is 0.175. The number of ether oxygens (including phenoxy) is 2. The normalized spacial score (nSPS) is 12.2. The number of rotatable bonds is 6. The Morgan fingerprint density at radius 2 is 1.90 bits per heavy atom. The van der Waals surface area contributed by atoms with Gasteiger partial charge in [-0.15, -0.1) is 0 Å². The van der Waals surface area contributed by atoms with Crippen LogP contribution in [0.25, 0.3) is 0 Å². The van der Waals surface area contributed by atoms with Crippen molar-refractivity contribution in [2.45, 2.75) is 19.1 Å². The Balaban J connectivity index is 2.12. The summed E-state index contributed by atoms with van der Waals surface area (Å²) in [6.45, 7) is 0.550. The second-order valence-electron chi connectivity index (χ2n) is 4.87. The van der Waals surface area contributed by atoms with Gasteiger partial charge < -0.3 is 14.6 Å². The van der Waals surface area contributed by atoms with Crippen molar-refractivity contribution in [3.63, 3.8) is 0 Å². The fourth-order valence-electron chi connectivity index (χ4n) is 2.23. The van der Waals surface area contributed by atoms with Crippen molar-refractivity contribution in [1.29, 1.82) is 0 Å². The second kappa shape index (κ2) is 7.59. The van der Waals surface area contributed by atoms with E-state index < -0.39 is 6.10 Å². The molecule has 0 aromatic heterocycles. The smallest absolute Gasteiger partial charge is 0.133 e. The van der Waals surface area contributed by atoms with E-state index >= 15 is 0 Å². The SMILES string of the molecule is COCc1cccc(C(O)Cc2ccc(OC)c(Br)c2)c1. The maximum absolute atomic E-state index is 10.4. The fourth-order valence-corrected chi connectivity index (χ4v) is 2.82. The highest BCUT2D eigenvalue weighted by molar-refractivity contribution is 9.10. The zero-order valence-corrected chi connectivity index (χ0v) is 13.8. The molecular formula is C17H19BrO3. The number of aliphatic hydroxyl groups excluding tert-OH is 1. The van der Waals surface area contributed by atoms with E-state index in [1.54, 1.807) is 14.2 Å². The van der Waals surface area contributed by atoms with Crippen molar-refractivity contribution in [3.05, 3.63) is 63.6 Å². The monoisotopic (exact) mass is 350 g/mol. The van der Waals surface area contributed by atoms with Crippen LogP contribution in [0.3, 0.4) is 0 Å². The molecule has 0 aliphatic carbocycles. The lowest BCUT2D eigenvalue weighted by atomic mass is 10.00. The Kier molecular flexibility index (Phi) is 5.79. The Bertz CT molecular complexity index is 598. The Morgan fingerprint density at radius 3 is 2.57 bits per heavy atom.